The molecule has 0 bridgehead atoms. The molecular formula is C33H29N3O4S3. The number of carbonyl (C=O) groups excluding carboxylic acids is 2. The quantitative estimate of drug-likeness (QED) is 0.0895. The molecule has 1 N–H and O–H groups in total. The van der Waals surface area contributed by atoms with E-state index in [0.717, 1.165) is 6.42 Å². The van der Waals surface area contributed by atoms with Crippen LogP contribution in [0.3, 0.4) is 0 Å². The van der Waals surface area contributed by atoms with E-state index in [0.29, 0.717) is 43.9 Å². The van der Waals surface area contributed by atoms with Gasteiger partial charge < -0.3 is 9.84 Å². The summed E-state index contributed by atoms with van der Waals surface area (Å²) in [5.74, 6) is 0.144. The van der Waals surface area contributed by atoms with Crippen LogP contribution in [0.5, 0.6) is 5.75 Å². The Balaban J connectivity index is 1.31. The van der Waals surface area contributed by atoms with Gasteiger partial charge in [-0.05, 0) is 57.8 Å². The summed E-state index contributed by atoms with van der Waals surface area (Å²) < 4.78 is 6.67. The van der Waals surface area contributed by atoms with Gasteiger partial charge in [-0.2, -0.15) is 0 Å². The highest BCUT2D eigenvalue weighted by molar-refractivity contribution is 8.00. The van der Waals surface area contributed by atoms with Crippen molar-refractivity contribution in [1.82, 2.24) is 10.2 Å². The van der Waals surface area contributed by atoms with Crippen LogP contribution in [-0.2, 0) is 10.5 Å². The summed E-state index contributed by atoms with van der Waals surface area (Å²) in [6.07, 6.45) is 0.894. The van der Waals surface area contributed by atoms with Crippen molar-refractivity contribution < 1.29 is 19.4 Å². The lowest BCUT2D eigenvalue weighted by molar-refractivity contribution is -0.117. The normalized spacial score (nSPS) is 15.2. The van der Waals surface area contributed by atoms with Crippen molar-refractivity contribution >= 4 is 62.0 Å². The molecule has 0 saturated heterocycles. The van der Waals surface area contributed by atoms with Crippen LogP contribution in [0.2, 0.25) is 0 Å². The van der Waals surface area contributed by atoms with E-state index in [1.165, 1.54) is 55.7 Å². The number of nitrogens with zero attached hydrogens (tertiary/aromatic N) is 3. The Morgan fingerprint density at radius 2 is 1.86 bits per heavy atom. The van der Waals surface area contributed by atoms with Gasteiger partial charge in [0.2, 0.25) is 10.9 Å². The molecule has 0 fully saturated rings. The Bertz CT molecular complexity index is 1810. The lowest BCUT2D eigenvalue weighted by atomic mass is 9.95. The zero-order valence-electron chi connectivity index (χ0n) is 23.6. The summed E-state index contributed by atoms with van der Waals surface area (Å²) in [5.41, 5.74) is 1.83. The van der Waals surface area contributed by atoms with Crippen LogP contribution >= 0.6 is 34.4 Å². The van der Waals surface area contributed by atoms with Gasteiger partial charge in [-0.25, -0.2) is 0 Å². The fourth-order valence-electron chi connectivity index (χ4n) is 4.99. The average Bonchev–Trinajstić information content (AvgIpc) is 3.77. The summed E-state index contributed by atoms with van der Waals surface area (Å²) in [6, 6.07) is 24.4. The highest BCUT2D eigenvalue weighted by Gasteiger charge is 2.46. The SMILES string of the molecule is CC(C)CCOc1cccc(C2C(C(=O)c3cccs3)=C(O)C(=O)N2c2nnc(SCc3cccc4ccccc34)s2)c1. The molecule has 0 aliphatic carbocycles. The second-order valence-corrected chi connectivity index (χ2v) is 13.7. The van der Waals surface area contributed by atoms with Crippen molar-refractivity contribution in [2.24, 2.45) is 5.92 Å². The number of anilines is 1. The number of aromatic nitrogens is 2. The molecule has 7 nitrogen and oxygen atoms in total. The fourth-order valence-corrected chi connectivity index (χ4v) is 7.54. The summed E-state index contributed by atoms with van der Waals surface area (Å²) in [5, 5.41) is 24.3. The molecule has 1 atom stereocenters. The van der Waals surface area contributed by atoms with Crippen LogP contribution in [0, 0.1) is 5.92 Å². The van der Waals surface area contributed by atoms with Gasteiger partial charge >= 0.3 is 0 Å². The number of thiophene rings is 1. The number of carbonyl (C=O) groups is 2. The number of fused-ring (bicyclic) bond motifs is 1. The number of aliphatic hydroxyl groups excluding tert-OH is 1. The Hall–Kier alpha value is -3.99. The highest BCUT2D eigenvalue weighted by atomic mass is 32.2. The van der Waals surface area contributed by atoms with Gasteiger partial charge in [0.1, 0.15) is 5.75 Å². The van der Waals surface area contributed by atoms with E-state index < -0.39 is 23.5 Å². The van der Waals surface area contributed by atoms with Crippen LogP contribution in [0.15, 0.2) is 99.9 Å². The van der Waals surface area contributed by atoms with Crippen LogP contribution in [-0.4, -0.2) is 33.6 Å². The third-order valence-corrected chi connectivity index (χ3v) is 10.1. The average molecular weight is 628 g/mol. The maximum Gasteiger partial charge on any atom is 0.296 e. The number of benzene rings is 3. The van der Waals surface area contributed by atoms with E-state index in [-0.39, 0.29) is 5.57 Å². The van der Waals surface area contributed by atoms with Crippen LogP contribution in [0.25, 0.3) is 10.8 Å². The van der Waals surface area contributed by atoms with Crippen LogP contribution in [0.1, 0.15) is 47.1 Å². The molecule has 1 unspecified atom stereocenters. The Labute approximate surface area is 261 Å². The topological polar surface area (TPSA) is 92.6 Å². The minimum Gasteiger partial charge on any atom is -0.503 e. The van der Waals surface area contributed by atoms with Crippen molar-refractivity contribution in [1.29, 1.82) is 0 Å². The van der Waals surface area contributed by atoms with E-state index in [1.54, 1.807) is 17.5 Å². The van der Waals surface area contributed by atoms with E-state index >= 15 is 0 Å². The van der Waals surface area contributed by atoms with Crippen molar-refractivity contribution in [3.05, 3.63) is 112 Å². The minimum atomic E-state index is -0.889. The zero-order chi connectivity index (χ0) is 29.9. The molecule has 1 amide bonds. The molecule has 10 heteroatoms. The number of rotatable bonds is 11. The molecule has 1 aliphatic rings. The smallest absolute Gasteiger partial charge is 0.296 e. The third-order valence-electron chi connectivity index (χ3n) is 7.17. The Morgan fingerprint density at radius 3 is 2.67 bits per heavy atom. The molecule has 2 aromatic heterocycles. The minimum absolute atomic E-state index is 0.0203. The van der Waals surface area contributed by atoms with Crippen molar-refractivity contribution in [2.45, 2.75) is 36.4 Å². The molecule has 3 aromatic carbocycles. The fraction of sp³-hybridized carbons (Fsp3) is 0.212. The number of Topliss-reactive ketones (excluding diaryl/α,β-unsaturated/α-hetero) is 1. The summed E-state index contributed by atoms with van der Waals surface area (Å²) in [7, 11) is 0. The molecule has 0 saturated carbocycles. The second kappa shape index (κ2) is 12.7. The van der Waals surface area contributed by atoms with Gasteiger partial charge in [0.25, 0.3) is 5.91 Å². The molecule has 6 rings (SSSR count). The van der Waals surface area contributed by atoms with Gasteiger partial charge in [0.05, 0.1) is 23.1 Å². The lowest BCUT2D eigenvalue weighted by Crippen LogP contribution is -2.31. The lowest BCUT2D eigenvalue weighted by Gasteiger charge is -2.24. The summed E-state index contributed by atoms with van der Waals surface area (Å²) >= 11 is 4.05. The van der Waals surface area contributed by atoms with Gasteiger partial charge in [-0.3, -0.25) is 14.5 Å². The van der Waals surface area contributed by atoms with Gasteiger partial charge in [-0.15, -0.1) is 21.5 Å². The zero-order valence-corrected chi connectivity index (χ0v) is 26.0. The highest BCUT2D eigenvalue weighted by Crippen LogP contribution is 2.45. The second-order valence-electron chi connectivity index (χ2n) is 10.5. The maximum atomic E-state index is 13.7. The molecule has 5 aromatic rings. The molecule has 3 heterocycles. The number of hydrogen-bond acceptors (Lipinski definition) is 9. The molecular weight excluding hydrogens is 599 g/mol. The van der Waals surface area contributed by atoms with E-state index in [2.05, 4.69) is 48.3 Å². The van der Waals surface area contributed by atoms with Crippen molar-refractivity contribution in [3.63, 3.8) is 0 Å². The monoisotopic (exact) mass is 627 g/mol. The van der Waals surface area contributed by atoms with Gasteiger partial charge in [0.15, 0.2) is 10.1 Å². The first-order valence-electron chi connectivity index (χ1n) is 13.9. The molecule has 43 heavy (non-hydrogen) atoms. The molecule has 0 spiro atoms. The van der Waals surface area contributed by atoms with Crippen LogP contribution < -0.4 is 9.64 Å². The molecule has 1 aliphatic heterocycles. The van der Waals surface area contributed by atoms with Crippen LogP contribution in [0.4, 0.5) is 5.13 Å². The predicted octanol–water partition coefficient (Wildman–Crippen LogP) is 8.25. The van der Waals surface area contributed by atoms with Gasteiger partial charge in [0, 0.05) is 5.75 Å². The van der Waals surface area contributed by atoms with Crippen molar-refractivity contribution in [3.8, 4) is 5.75 Å². The number of thioether (sulfide) groups is 1. The summed E-state index contributed by atoms with van der Waals surface area (Å²) in [4.78, 5) is 29.1. The van der Waals surface area contributed by atoms with Gasteiger partial charge in [-0.1, -0.05) is 97.6 Å². The summed E-state index contributed by atoms with van der Waals surface area (Å²) in [6.45, 7) is 4.81. The Kier molecular flexibility index (Phi) is 8.60. The van der Waals surface area contributed by atoms with Crippen molar-refractivity contribution in [2.75, 3.05) is 11.5 Å². The maximum absolute atomic E-state index is 13.7. The molecule has 0 radical (unpaired) electrons. The third kappa shape index (κ3) is 6.08. The number of ether oxygens (including phenoxy) is 1. The van der Waals surface area contributed by atoms with E-state index in [9.17, 15) is 14.7 Å². The Morgan fingerprint density at radius 1 is 1.05 bits per heavy atom. The largest absolute Gasteiger partial charge is 0.503 e. The van der Waals surface area contributed by atoms with E-state index in [1.807, 2.05) is 42.5 Å². The predicted molar refractivity (Wildman–Crippen MR) is 173 cm³/mol. The first-order chi connectivity index (χ1) is 20.9. The first kappa shape index (κ1) is 29.1. The number of aliphatic hydroxyl groups is 1. The first-order valence-corrected chi connectivity index (χ1v) is 16.6. The number of ketones is 1. The number of hydrogen-bond donors (Lipinski definition) is 1. The van der Waals surface area contributed by atoms with E-state index in [4.69, 9.17) is 4.74 Å². The number of amides is 1. The standard InChI is InChI=1S/C33H29N3O4S3/c1-20(2)15-16-40-24-12-6-10-22(18-24)28-27(29(37)26-14-7-17-41-26)30(38)31(39)36(28)32-34-35-33(43-32)42-19-23-11-5-9-21-8-3-4-13-25(21)23/h3-14,17-18,20,28,38H,15-16,19H2,1-2H3. The molecule has 218 valence electrons.